The zero-order chi connectivity index (χ0) is 18.9. The Morgan fingerprint density at radius 3 is 2.35 bits per heavy atom. The topological polar surface area (TPSA) is 86.6 Å². The van der Waals surface area contributed by atoms with Crippen molar-refractivity contribution >= 4 is 21.6 Å². The Kier molecular flexibility index (Phi) is 5.41. The summed E-state index contributed by atoms with van der Waals surface area (Å²) in [6, 6.07) is 7.61. The maximum absolute atomic E-state index is 13.2. The van der Waals surface area contributed by atoms with Crippen LogP contribution in [-0.4, -0.2) is 24.7 Å². The molecule has 0 unspecified atom stereocenters. The number of nitrogens with one attached hydrogen (secondary N) is 1. The number of benzene rings is 2. The molecular formula is C18H19ClFNO4S. The Hall–Kier alpha value is -1.83. The van der Waals surface area contributed by atoms with Gasteiger partial charge in [-0.2, -0.15) is 0 Å². The standard InChI is InChI=1S/C18H19ClFNO4S/c19-16-10-14(6-8-17(16)20)26(24,25)21-12-3-1-11(2-4-12)15-7-5-13(22)9-18(15)23/h5-12,21-23H,1-4H2/t11-,12+. The summed E-state index contributed by atoms with van der Waals surface area (Å²) in [5, 5.41) is 19.1. The predicted octanol–water partition coefficient (Wildman–Crippen LogP) is 3.90. The second-order valence-corrected chi connectivity index (χ2v) is 8.61. The van der Waals surface area contributed by atoms with Crippen LogP contribution in [0.1, 0.15) is 37.2 Å². The van der Waals surface area contributed by atoms with E-state index in [0.717, 1.165) is 17.7 Å². The Balaban J connectivity index is 1.65. The minimum Gasteiger partial charge on any atom is -0.508 e. The fraction of sp³-hybridized carbons (Fsp3) is 0.333. The van der Waals surface area contributed by atoms with Gasteiger partial charge in [0.2, 0.25) is 10.0 Å². The Labute approximate surface area is 156 Å². The monoisotopic (exact) mass is 399 g/mol. The van der Waals surface area contributed by atoms with Crippen LogP contribution in [0.15, 0.2) is 41.3 Å². The molecule has 26 heavy (non-hydrogen) atoms. The molecule has 0 heterocycles. The average molecular weight is 400 g/mol. The minimum atomic E-state index is -3.78. The number of halogens is 2. The third-order valence-electron chi connectivity index (χ3n) is 4.70. The molecule has 0 radical (unpaired) electrons. The van der Waals surface area contributed by atoms with Crippen LogP contribution in [0.5, 0.6) is 11.5 Å². The molecule has 1 aliphatic rings. The van der Waals surface area contributed by atoms with Gasteiger partial charge < -0.3 is 10.2 Å². The third kappa shape index (κ3) is 4.11. The Bertz CT molecular complexity index is 911. The van der Waals surface area contributed by atoms with E-state index >= 15 is 0 Å². The number of hydrogen-bond acceptors (Lipinski definition) is 4. The molecule has 140 valence electrons. The van der Waals surface area contributed by atoms with Crippen molar-refractivity contribution in [1.29, 1.82) is 0 Å². The molecule has 8 heteroatoms. The molecule has 0 saturated heterocycles. The van der Waals surface area contributed by atoms with E-state index in [9.17, 15) is 23.0 Å². The summed E-state index contributed by atoms with van der Waals surface area (Å²) in [6.45, 7) is 0. The summed E-state index contributed by atoms with van der Waals surface area (Å²) in [4.78, 5) is -0.0674. The quantitative estimate of drug-likeness (QED) is 0.727. The first kappa shape index (κ1) is 18.9. The van der Waals surface area contributed by atoms with Crippen molar-refractivity contribution in [2.75, 3.05) is 0 Å². The first-order valence-electron chi connectivity index (χ1n) is 8.25. The molecule has 1 fully saturated rings. The van der Waals surface area contributed by atoms with Gasteiger partial charge in [-0.05, 0) is 61.4 Å². The van der Waals surface area contributed by atoms with Crippen molar-refractivity contribution < 1.29 is 23.0 Å². The summed E-state index contributed by atoms with van der Waals surface area (Å²) < 4.78 is 40.8. The first-order chi connectivity index (χ1) is 12.3. The van der Waals surface area contributed by atoms with E-state index in [-0.39, 0.29) is 33.4 Å². The Morgan fingerprint density at radius 2 is 1.73 bits per heavy atom. The zero-order valence-corrected chi connectivity index (χ0v) is 15.4. The maximum Gasteiger partial charge on any atom is 0.240 e. The van der Waals surface area contributed by atoms with Crippen molar-refractivity contribution in [3.63, 3.8) is 0 Å². The second-order valence-electron chi connectivity index (χ2n) is 6.49. The fourth-order valence-corrected chi connectivity index (χ4v) is 4.91. The van der Waals surface area contributed by atoms with Gasteiger partial charge in [-0.1, -0.05) is 17.7 Å². The van der Waals surface area contributed by atoms with E-state index in [2.05, 4.69) is 4.72 Å². The number of phenols is 2. The molecular weight excluding hydrogens is 381 g/mol. The van der Waals surface area contributed by atoms with Gasteiger partial charge in [0.15, 0.2) is 0 Å². The normalized spacial score (nSPS) is 20.8. The molecule has 0 aromatic heterocycles. The van der Waals surface area contributed by atoms with Gasteiger partial charge in [-0.15, -0.1) is 0 Å². The molecule has 2 aromatic carbocycles. The van der Waals surface area contributed by atoms with Crippen LogP contribution in [0.2, 0.25) is 5.02 Å². The summed E-state index contributed by atoms with van der Waals surface area (Å²) in [7, 11) is -3.78. The van der Waals surface area contributed by atoms with Gasteiger partial charge in [0.25, 0.3) is 0 Å². The first-order valence-corrected chi connectivity index (χ1v) is 10.1. The third-order valence-corrected chi connectivity index (χ3v) is 6.51. The summed E-state index contributed by atoms with van der Waals surface area (Å²) in [5.74, 6) is -0.503. The average Bonchev–Trinajstić information content (AvgIpc) is 2.58. The number of rotatable bonds is 4. The minimum absolute atomic E-state index is 0.00524. The van der Waals surface area contributed by atoms with Gasteiger partial charge in [-0.3, -0.25) is 0 Å². The number of aromatic hydroxyl groups is 2. The van der Waals surface area contributed by atoms with Gasteiger partial charge in [0.05, 0.1) is 9.92 Å². The Morgan fingerprint density at radius 1 is 1.04 bits per heavy atom. The van der Waals surface area contributed by atoms with Crippen LogP contribution in [0.25, 0.3) is 0 Å². The summed E-state index contributed by atoms with van der Waals surface area (Å²) >= 11 is 5.67. The molecule has 1 saturated carbocycles. The molecule has 0 amide bonds. The van der Waals surface area contributed by atoms with Crippen LogP contribution in [0.4, 0.5) is 4.39 Å². The van der Waals surface area contributed by atoms with Crippen LogP contribution in [-0.2, 0) is 10.0 Å². The molecule has 5 nitrogen and oxygen atoms in total. The highest BCUT2D eigenvalue weighted by Gasteiger charge is 2.28. The number of phenolic OH excluding ortho intramolecular Hbond substituents is 2. The van der Waals surface area contributed by atoms with Gasteiger partial charge in [-0.25, -0.2) is 17.5 Å². The summed E-state index contributed by atoms with van der Waals surface area (Å²) in [5.41, 5.74) is 0.759. The largest absolute Gasteiger partial charge is 0.508 e. The highest BCUT2D eigenvalue weighted by atomic mass is 35.5. The predicted molar refractivity (Wildman–Crippen MR) is 96.5 cm³/mol. The molecule has 0 atom stereocenters. The van der Waals surface area contributed by atoms with E-state index in [1.807, 2.05) is 0 Å². The van der Waals surface area contributed by atoms with Crippen molar-refractivity contribution in [2.45, 2.75) is 42.5 Å². The molecule has 3 N–H and O–H groups in total. The van der Waals surface area contributed by atoms with E-state index in [1.54, 1.807) is 6.07 Å². The molecule has 1 aliphatic carbocycles. The van der Waals surface area contributed by atoms with Gasteiger partial charge in [0, 0.05) is 12.1 Å². The van der Waals surface area contributed by atoms with Crippen molar-refractivity contribution in [2.24, 2.45) is 0 Å². The highest BCUT2D eigenvalue weighted by Crippen LogP contribution is 2.38. The lowest BCUT2D eigenvalue weighted by Crippen LogP contribution is -2.37. The molecule has 3 rings (SSSR count). The fourth-order valence-electron chi connectivity index (χ4n) is 3.33. The van der Waals surface area contributed by atoms with Crippen molar-refractivity contribution in [3.05, 3.63) is 52.8 Å². The maximum atomic E-state index is 13.2. The SMILES string of the molecule is O=S(=O)(N[C@H]1CC[C@@H](c2ccc(O)cc2O)CC1)c1ccc(F)c(Cl)c1. The molecule has 0 spiro atoms. The van der Waals surface area contributed by atoms with E-state index in [1.165, 1.54) is 18.2 Å². The lowest BCUT2D eigenvalue weighted by molar-refractivity contribution is 0.362. The van der Waals surface area contributed by atoms with E-state index in [4.69, 9.17) is 11.6 Å². The van der Waals surface area contributed by atoms with E-state index in [0.29, 0.717) is 25.7 Å². The van der Waals surface area contributed by atoms with E-state index < -0.39 is 15.8 Å². The molecule has 0 bridgehead atoms. The smallest absolute Gasteiger partial charge is 0.240 e. The zero-order valence-electron chi connectivity index (χ0n) is 13.8. The van der Waals surface area contributed by atoms with Gasteiger partial charge >= 0.3 is 0 Å². The number of hydrogen-bond donors (Lipinski definition) is 3. The van der Waals surface area contributed by atoms with Crippen LogP contribution in [0.3, 0.4) is 0 Å². The van der Waals surface area contributed by atoms with Crippen LogP contribution >= 0.6 is 11.6 Å². The highest BCUT2D eigenvalue weighted by molar-refractivity contribution is 7.89. The van der Waals surface area contributed by atoms with Crippen LogP contribution < -0.4 is 4.72 Å². The van der Waals surface area contributed by atoms with Crippen LogP contribution in [0, 0.1) is 5.82 Å². The molecule has 0 aliphatic heterocycles. The lowest BCUT2D eigenvalue weighted by Gasteiger charge is -2.29. The second kappa shape index (κ2) is 7.42. The van der Waals surface area contributed by atoms with Gasteiger partial charge in [0.1, 0.15) is 17.3 Å². The lowest BCUT2D eigenvalue weighted by atomic mass is 9.81. The van der Waals surface area contributed by atoms with Crippen molar-refractivity contribution in [1.82, 2.24) is 4.72 Å². The summed E-state index contributed by atoms with van der Waals surface area (Å²) in [6.07, 6.45) is 2.63. The molecule has 2 aromatic rings. The number of sulfonamides is 1. The van der Waals surface area contributed by atoms with Crippen molar-refractivity contribution in [3.8, 4) is 11.5 Å².